The van der Waals surface area contributed by atoms with E-state index in [9.17, 15) is 9.59 Å². The predicted molar refractivity (Wildman–Crippen MR) is 124 cm³/mol. The maximum absolute atomic E-state index is 13.1. The summed E-state index contributed by atoms with van der Waals surface area (Å²) in [5.74, 6) is 0.398. The quantitative estimate of drug-likeness (QED) is 0.670. The van der Waals surface area contributed by atoms with E-state index < -0.39 is 0 Å². The molecule has 0 aliphatic carbocycles. The zero-order chi connectivity index (χ0) is 22.1. The molecule has 2 aliphatic rings. The lowest BCUT2D eigenvalue weighted by molar-refractivity contribution is -0.132. The van der Waals surface area contributed by atoms with Crippen molar-refractivity contribution in [3.8, 4) is 0 Å². The van der Waals surface area contributed by atoms with Crippen molar-refractivity contribution in [2.45, 2.75) is 44.4 Å². The second kappa shape index (κ2) is 8.81. The average Bonchev–Trinajstić information content (AvgIpc) is 3.58. The summed E-state index contributed by atoms with van der Waals surface area (Å²) >= 11 is 0. The molecule has 0 radical (unpaired) electrons. The van der Waals surface area contributed by atoms with Crippen molar-refractivity contribution >= 4 is 22.7 Å². The van der Waals surface area contributed by atoms with Crippen molar-refractivity contribution < 1.29 is 9.59 Å². The number of fused-ring (bicyclic) bond motifs is 1. The Morgan fingerprint density at radius 2 is 1.88 bits per heavy atom. The second-order valence-electron chi connectivity index (χ2n) is 9.16. The zero-order valence-electron chi connectivity index (χ0n) is 18.7. The van der Waals surface area contributed by atoms with Crippen LogP contribution in [0, 0.1) is 0 Å². The number of nitrogens with one attached hydrogen (secondary N) is 1. The van der Waals surface area contributed by atoms with Gasteiger partial charge in [-0.2, -0.15) is 5.10 Å². The van der Waals surface area contributed by atoms with Gasteiger partial charge in [-0.25, -0.2) is 0 Å². The number of benzene rings is 1. The number of hydrogen-bond acceptors (Lipinski definition) is 3. The van der Waals surface area contributed by atoms with Crippen molar-refractivity contribution in [1.82, 2.24) is 24.6 Å². The molecule has 2 aliphatic heterocycles. The number of aromatic nitrogens is 3. The van der Waals surface area contributed by atoms with Gasteiger partial charge in [0.2, 0.25) is 5.91 Å². The van der Waals surface area contributed by atoms with Gasteiger partial charge in [0.25, 0.3) is 5.91 Å². The number of rotatable bonds is 5. The third kappa shape index (κ3) is 3.92. The molecule has 0 bridgehead atoms. The van der Waals surface area contributed by atoms with Crippen LogP contribution in [0.4, 0.5) is 0 Å². The number of aryl methyl sites for hydroxylation is 2. The van der Waals surface area contributed by atoms with E-state index in [2.05, 4.69) is 33.1 Å². The first-order valence-electron chi connectivity index (χ1n) is 11.7. The summed E-state index contributed by atoms with van der Waals surface area (Å²) in [6, 6.07) is 8.34. The van der Waals surface area contributed by atoms with Crippen LogP contribution in [0.2, 0.25) is 0 Å². The molecule has 168 valence electrons. The summed E-state index contributed by atoms with van der Waals surface area (Å²) in [6.45, 7) is 3.09. The van der Waals surface area contributed by atoms with Gasteiger partial charge in [-0.3, -0.25) is 14.7 Å². The van der Waals surface area contributed by atoms with Crippen LogP contribution in [-0.4, -0.2) is 62.6 Å². The van der Waals surface area contributed by atoms with Gasteiger partial charge in [-0.05, 0) is 43.7 Å². The van der Waals surface area contributed by atoms with Crippen LogP contribution < -0.4 is 0 Å². The fraction of sp³-hybridized carbons (Fsp3) is 0.480. The van der Waals surface area contributed by atoms with Crippen molar-refractivity contribution in [2.75, 3.05) is 26.2 Å². The Balaban J connectivity index is 1.25. The molecule has 32 heavy (non-hydrogen) atoms. The zero-order valence-corrected chi connectivity index (χ0v) is 18.7. The van der Waals surface area contributed by atoms with Gasteiger partial charge in [0.15, 0.2) is 0 Å². The Kier molecular flexibility index (Phi) is 5.72. The number of likely N-dealkylation sites (tertiary alicyclic amines) is 2. The highest BCUT2D eigenvalue weighted by molar-refractivity contribution is 5.95. The SMILES string of the molecule is Cn1cc(CCC(=O)N2CCC[C@@H](c3[nH]ncc3C(=O)N3CCCC3)C2)c2ccccc21. The lowest BCUT2D eigenvalue weighted by atomic mass is 9.92. The van der Waals surface area contributed by atoms with Gasteiger partial charge in [0.05, 0.1) is 17.5 Å². The summed E-state index contributed by atoms with van der Waals surface area (Å²) in [5.41, 5.74) is 4.00. The maximum atomic E-state index is 13.1. The molecule has 2 aromatic heterocycles. The van der Waals surface area contributed by atoms with Gasteiger partial charge in [-0.1, -0.05) is 18.2 Å². The largest absolute Gasteiger partial charge is 0.350 e. The van der Waals surface area contributed by atoms with Crippen LogP contribution in [-0.2, 0) is 18.3 Å². The predicted octanol–water partition coefficient (Wildman–Crippen LogP) is 3.48. The van der Waals surface area contributed by atoms with E-state index in [0.29, 0.717) is 18.5 Å². The maximum Gasteiger partial charge on any atom is 0.257 e. The Labute approximate surface area is 188 Å². The molecule has 3 aromatic rings. The van der Waals surface area contributed by atoms with Crippen LogP contribution in [0.3, 0.4) is 0 Å². The molecule has 2 amide bonds. The summed E-state index contributed by atoms with van der Waals surface area (Å²) in [6.07, 6.45) is 9.10. The number of nitrogens with zero attached hydrogens (tertiary/aromatic N) is 4. The average molecular weight is 434 g/mol. The molecule has 0 unspecified atom stereocenters. The lowest BCUT2D eigenvalue weighted by Crippen LogP contribution is -2.40. The number of para-hydroxylation sites is 1. The van der Waals surface area contributed by atoms with Crippen LogP contribution in [0.15, 0.2) is 36.7 Å². The third-order valence-electron chi connectivity index (χ3n) is 7.06. The molecule has 5 rings (SSSR count). The molecule has 0 saturated carbocycles. The molecule has 2 fully saturated rings. The number of carbonyl (C=O) groups is 2. The van der Waals surface area contributed by atoms with Crippen LogP contribution in [0.25, 0.3) is 10.9 Å². The number of amides is 2. The number of carbonyl (C=O) groups excluding carboxylic acids is 2. The molecule has 4 heterocycles. The fourth-order valence-corrected chi connectivity index (χ4v) is 5.33. The summed E-state index contributed by atoms with van der Waals surface area (Å²) in [4.78, 5) is 29.9. The van der Waals surface area contributed by atoms with Crippen LogP contribution >= 0.6 is 0 Å². The minimum absolute atomic E-state index is 0.0747. The standard InChI is InChI=1S/C25H31N5O2/c1-28-16-18(20-8-2-3-9-22(20)28)10-11-23(31)30-14-6-7-19(17-30)24-21(15-26-27-24)25(32)29-12-4-5-13-29/h2-3,8-9,15-16,19H,4-7,10-14,17H2,1H3,(H,26,27)/t19-/m1/s1. The van der Waals surface area contributed by atoms with E-state index in [0.717, 1.165) is 57.4 Å². The van der Waals surface area contributed by atoms with Crippen molar-refractivity contribution in [1.29, 1.82) is 0 Å². The van der Waals surface area contributed by atoms with Gasteiger partial charge in [-0.15, -0.1) is 0 Å². The molecule has 7 nitrogen and oxygen atoms in total. The van der Waals surface area contributed by atoms with Gasteiger partial charge >= 0.3 is 0 Å². The lowest BCUT2D eigenvalue weighted by Gasteiger charge is -2.33. The number of aromatic amines is 1. The molecule has 2 saturated heterocycles. The minimum atomic E-state index is 0.0747. The molecule has 1 aromatic carbocycles. The van der Waals surface area contributed by atoms with E-state index >= 15 is 0 Å². The van der Waals surface area contributed by atoms with Crippen molar-refractivity contribution in [3.63, 3.8) is 0 Å². The Hall–Kier alpha value is -3.09. The Bertz CT molecular complexity index is 1120. The Morgan fingerprint density at radius 1 is 1.09 bits per heavy atom. The Morgan fingerprint density at radius 3 is 2.72 bits per heavy atom. The van der Waals surface area contributed by atoms with E-state index in [-0.39, 0.29) is 17.7 Å². The molecular formula is C25H31N5O2. The second-order valence-corrected chi connectivity index (χ2v) is 9.16. The van der Waals surface area contributed by atoms with E-state index in [1.54, 1.807) is 6.20 Å². The topological polar surface area (TPSA) is 74.2 Å². The summed E-state index contributed by atoms with van der Waals surface area (Å²) in [5, 5.41) is 8.49. The molecule has 7 heteroatoms. The monoisotopic (exact) mass is 433 g/mol. The molecule has 1 atom stereocenters. The number of H-pyrrole nitrogens is 1. The van der Waals surface area contributed by atoms with E-state index in [1.165, 1.54) is 16.5 Å². The first-order chi connectivity index (χ1) is 15.6. The van der Waals surface area contributed by atoms with Crippen molar-refractivity contribution in [2.24, 2.45) is 7.05 Å². The van der Waals surface area contributed by atoms with Gasteiger partial charge in [0.1, 0.15) is 0 Å². The van der Waals surface area contributed by atoms with Crippen LogP contribution in [0.5, 0.6) is 0 Å². The number of piperidine rings is 1. The highest BCUT2D eigenvalue weighted by Gasteiger charge is 2.31. The summed E-state index contributed by atoms with van der Waals surface area (Å²) < 4.78 is 2.13. The fourth-order valence-electron chi connectivity index (χ4n) is 5.33. The highest BCUT2D eigenvalue weighted by Crippen LogP contribution is 2.30. The molecule has 1 N–H and O–H groups in total. The highest BCUT2D eigenvalue weighted by atomic mass is 16.2. The van der Waals surface area contributed by atoms with E-state index in [1.807, 2.05) is 29.0 Å². The first kappa shape index (κ1) is 20.8. The molecular weight excluding hydrogens is 402 g/mol. The number of hydrogen-bond donors (Lipinski definition) is 1. The van der Waals surface area contributed by atoms with Crippen molar-refractivity contribution in [3.05, 3.63) is 53.5 Å². The van der Waals surface area contributed by atoms with Gasteiger partial charge in [0, 0.05) is 62.7 Å². The normalized spacial score (nSPS) is 19.1. The third-order valence-corrected chi connectivity index (χ3v) is 7.06. The van der Waals surface area contributed by atoms with Crippen LogP contribution in [0.1, 0.15) is 59.6 Å². The molecule has 0 spiro atoms. The summed E-state index contributed by atoms with van der Waals surface area (Å²) in [7, 11) is 2.05. The first-order valence-corrected chi connectivity index (χ1v) is 11.7. The smallest absolute Gasteiger partial charge is 0.257 e. The minimum Gasteiger partial charge on any atom is -0.350 e. The van der Waals surface area contributed by atoms with E-state index in [4.69, 9.17) is 0 Å². The van der Waals surface area contributed by atoms with Gasteiger partial charge < -0.3 is 14.4 Å².